The maximum atomic E-state index is 12.5. The Morgan fingerprint density at radius 2 is 1.03 bits per heavy atom. The molecule has 0 heterocycles. The van der Waals surface area contributed by atoms with Crippen molar-refractivity contribution in [2.75, 3.05) is 33.0 Å². The minimum atomic E-state index is -1.25. The third-order valence-corrected chi connectivity index (χ3v) is 4.98. The first-order chi connectivity index (χ1) is 18.6. The quantitative estimate of drug-likeness (QED) is 0.0678. The second-order valence-corrected chi connectivity index (χ2v) is 8.18. The highest BCUT2D eigenvalue weighted by atomic mass is 17.0. The molecule has 1 atom stereocenters. The lowest BCUT2D eigenvalue weighted by atomic mass is 10.2. The van der Waals surface area contributed by atoms with Crippen molar-refractivity contribution in [2.24, 2.45) is 0 Å². The Morgan fingerprint density at radius 1 is 0.590 bits per heavy atom. The Morgan fingerprint density at radius 3 is 1.51 bits per heavy atom. The molecule has 39 heavy (non-hydrogen) atoms. The van der Waals surface area contributed by atoms with Gasteiger partial charge in [-0.05, 0) is 44.9 Å². The number of ether oxygens (including phenoxy) is 2. The van der Waals surface area contributed by atoms with Gasteiger partial charge in [-0.25, -0.2) is 4.79 Å². The zero-order chi connectivity index (χ0) is 29.3. The summed E-state index contributed by atoms with van der Waals surface area (Å²) in [5, 5.41) is 30.1. The van der Waals surface area contributed by atoms with Crippen LogP contribution >= 0.6 is 0 Å². The number of rotatable bonds is 26. The second-order valence-electron chi connectivity index (χ2n) is 8.18. The summed E-state index contributed by atoms with van der Waals surface area (Å²) in [7, 11) is 0. The number of hydrogen-bond donors (Lipinski definition) is 1. The molecule has 0 saturated heterocycles. The first-order valence-electron chi connectivity index (χ1n) is 12.5. The van der Waals surface area contributed by atoms with Gasteiger partial charge in [0.15, 0.2) is 6.04 Å². The van der Waals surface area contributed by atoms with E-state index in [1.54, 1.807) is 0 Å². The number of carbonyl (C=O) groups excluding carboxylic acids is 3. The molecule has 18 heteroatoms. The van der Waals surface area contributed by atoms with Crippen LogP contribution in [-0.4, -0.2) is 72.2 Å². The molecule has 1 unspecified atom stereocenters. The zero-order valence-electron chi connectivity index (χ0n) is 21.7. The number of esters is 2. The summed E-state index contributed by atoms with van der Waals surface area (Å²) >= 11 is 0. The van der Waals surface area contributed by atoms with Crippen molar-refractivity contribution in [3.05, 3.63) is 30.3 Å². The van der Waals surface area contributed by atoms with Crippen molar-refractivity contribution in [2.45, 2.75) is 83.1 Å². The Bertz CT molecular complexity index is 767. The molecule has 0 bridgehead atoms. The number of unbranched alkanes of at least 4 members (excludes halogenated alkanes) is 7. The van der Waals surface area contributed by atoms with Crippen molar-refractivity contribution in [1.29, 1.82) is 0 Å². The lowest BCUT2D eigenvalue weighted by molar-refractivity contribution is -0.757. The highest BCUT2D eigenvalue weighted by molar-refractivity contribution is 5.84. The molecule has 0 aromatic carbocycles. The average molecular weight is 569 g/mol. The van der Waals surface area contributed by atoms with Gasteiger partial charge in [-0.3, -0.25) is 9.59 Å². The molecule has 0 fully saturated rings. The van der Waals surface area contributed by atoms with Crippen LogP contribution in [-0.2, 0) is 38.4 Å². The maximum Gasteiger partial charge on any atom is 0.332 e. The molecule has 0 aliphatic heterocycles. The van der Waals surface area contributed by atoms with Crippen LogP contribution in [0.4, 0.5) is 0 Å². The lowest BCUT2D eigenvalue weighted by Gasteiger charge is -2.18. The lowest BCUT2D eigenvalue weighted by Crippen LogP contribution is -2.45. The second kappa shape index (κ2) is 23.2. The fourth-order valence-electron chi connectivity index (χ4n) is 3.04. The van der Waals surface area contributed by atoms with E-state index in [2.05, 4.69) is 19.8 Å². The molecule has 0 rings (SSSR count). The van der Waals surface area contributed by atoms with Gasteiger partial charge < -0.3 is 29.3 Å². The number of nitrogens with zero attached hydrogens (tertiary/aromatic N) is 3. The number of carbonyl (C=O) groups is 3. The fourth-order valence-corrected chi connectivity index (χ4v) is 3.04. The van der Waals surface area contributed by atoms with Crippen LogP contribution in [0.1, 0.15) is 77.0 Å². The van der Waals surface area contributed by atoms with Crippen LogP contribution in [0.15, 0.2) is 0 Å². The summed E-state index contributed by atoms with van der Waals surface area (Å²) in [6.07, 6.45) is 4.66. The van der Waals surface area contributed by atoms with E-state index < -0.39 is 45.8 Å². The van der Waals surface area contributed by atoms with Gasteiger partial charge in [0.2, 0.25) is 5.91 Å². The molecular formula is C21H36N4O14. The van der Waals surface area contributed by atoms with E-state index in [0.29, 0.717) is 64.2 Å². The van der Waals surface area contributed by atoms with Gasteiger partial charge in [-0.15, -0.1) is 30.3 Å². The van der Waals surface area contributed by atoms with E-state index in [0.717, 1.165) is 0 Å². The Kier molecular flexibility index (Phi) is 20.8. The molecule has 0 spiro atoms. The third kappa shape index (κ3) is 24.1. The zero-order valence-corrected chi connectivity index (χ0v) is 21.7. The molecule has 18 nitrogen and oxygen atoms in total. The Hall–Kier alpha value is -3.99. The van der Waals surface area contributed by atoms with E-state index in [1.807, 2.05) is 0 Å². The van der Waals surface area contributed by atoms with Gasteiger partial charge in [0.1, 0.15) is 6.61 Å². The first kappa shape index (κ1) is 35.0. The monoisotopic (exact) mass is 568 g/mol. The van der Waals surface area contributed by atoms with Crippen LogP contribution in [0.25, 0.3) is 0 Å². The Balaban J connectivity index is 4.48. The van der Waals surface area contributed by atoms with Crippen LogP contribution in [0.3, 0.4) is 0 Å². The minimum Gasteiger partial charge on any atom is -0.464 e. The van der Waals surface area contributed by atoms with E-state index in [9.17, 15) is 44.7 Å². The number of amides is 1. The first-order valence-corrected chi connectivity index (χ1v) is 12.5. The predicted molar refractivity (Wildman–Crippen MR) is 128 cm³/mol. The predicted octanol–water partition coefficient (Wildman–Crippen LogP) is 1.86. The summed E-state index contributed by atoms with van der Waals surface area (Å²) in [6.45, 7) is -0.634. The average Bonchev–Trinajstić information content (AvgIpc) is 2.86. The molecule has 0 aromatic heterocycles. The van der Waals surface area contributed by atoms with Crippen molar-refractivity contribution in [3.8, 4) is 0 Å². The Labute approximate surface area is 223 Å². The molecular weight excluding hydrogens is 532 g/mol. The van der Waals surface area contributed by atoms with Crippen LogP contribution < -0.4 is 5.32 Å². The highest BCUT2D eigenvalue weighted by Gasteiger charge is 2.24. The van der Waals surface area contributed by atoms with E-state index in [1.165, 1.54) is 0 Å². The molecule has 0 radical (unpaired) electrons. The van der Waals surface area contributed by atoms with Crippen LogP contribution in [0, 0.1) is 30.3 Å². The van der Waals surface area contributed by atoms with Crippen LogP contribution in [0.5, 0.6) is 0 Å². The van der Waals surface area contributed by atoms with Crippen LogP contribution in [0.2, 0.25) is 0 Å². The largest absolute Gasteiger partial charge is 0.464 e. The molecule has 0 aliphatic carbocycles. The molecule has 0 saturated carbocycles. The molecule has 0 aliphatic rings. The van der Waals surface area contributed by atoms with Gasteiger partial charge in [0, 0.05) is 12.8 Å². The number of hydrogen-bond acceptors (Lipinski definition) is 14. The minimum absolute atomic E-state index is 0.000555. The standard InChI is InChI=1S/C21H36N4O14/c26-19(11-5-3-9-15-38-24(31)32)22-18(17-36-20(27)12-6-4-10-16-39-25(33)34)21(28)35-13-7-1-2-8-14-37-23(29)30/h18H,1-17H2,(H,22,26). The van der Waals surface area contributed by atoms with Gasteiger partial charge in [0.05, 0.1) is 26.4 Å². The maximum absolute atomic E-state index is 12.5. The fraction of sp³-hybridized carbons (Fsp3) is 0.857. The van der Waals surface area contributed by atoms with Gasteiger partial charge in [0.25, 0.3) is 15.3 Å². The summed E-state index contributed by atoms with van der Waals surface area (Å²) in [5.41, 5.74) is 0. The van der Waals surface area contributed by atoms with E-state index in [-0.39, 0.29) is 39.3 Å². The topological polar surface area (TPSA) is 239 Å². The van der Waals surface area contributed by atoms with Gasteiger partial charge >= 0.3 is 11.9 Å². The van der Waals surface area contributed by atoms with E-state index >= 15 is 0 Å². The molecule has 0 aromatic rings. The van der Waals surface area contributed by atoms with Gasteiger partial charge in [-0.1, -0.05) is 19.3 Å². The third-order valence-electron chi connectivity index (χ3n) is 4.98. The summed E-state index contributed by atoms with van der Waals surface area (Å²) in [4.78, 5) is 79.6. The van der Waals surface area contributed by atoms with Crippen molar-refractivity contribution in [1.82, 2.24) is 5.32 Å². The van der Waals surface area contributed by atoms with Crippen molar-refractivity contribution < 1.29 is 53.6 Å². The summed E-state index contributed by atoms with van der Waals surface area (Å²) < 4.78 is 10.3. The van der Waals surface area contributed by atoms with Gasteiger partial charge in [-0.2, -0.15) is 0 Å². The highest BCUT2D eigenvalue weighted by Crippen LogP contribution is 2.06. The summed E-state index contributed by atoms with van der Waals surface area (Å²) in [5.74, 6) is -1.93. The molecule has 224 valence electrons. The number of nitrogens with one attached hydrogen (secondary N) is 1. The SMILES string of the molecule is O=C(CCCCCO[N+](=O)[O-])NC(COC(=O)CCCCCO[N+](=O)[O-])C(=O)OCCCCCCO[N+](=O)[O-]. The molecule has 1 amide bonds. The van der Waals surface area contributed by atoms with Crippen molar-refractivity contribution >= 4 is 17.8 Å². The molecule has 1 N–H and O–H groups in total. The summed E-state index contributed by atoms with van der Waals surface area (Å²) in [6, 6.07) is -1.25. The van der Waals surface area contributed by atoms with E-state index in [4.69, 9.17) is 9.47 Å². The van der Waals surface area contributed by atoms with Crippen molar-refractivity contribution in [3.63, 3.8) is 0 Å². The normalized spacial score (nSPS) is 11.1. The smallest absolute Gasteiger partial charge is 0.332 e.